The lowest BCUT2D eigenvalue weighted by atomic mass is 10.0. The van der Waals surface area contributed by atoms with Crippen molar-refractivity contribution < 1.29 is 4.74 Å². The maximum Gasteiger partial charge on any atom is 0.138 e. The van der Waals surface area contributed by atoms with Gasteiger partial charge in [0.2, 0.25) is 0 Å². The fourth-order valence-corrected chi connectivity index (χ4v) is 3.13. The van der Waals surface area contributed by atoms with Gasteiger partial charge in [0.05, 0.1) is 24.4 Å². The molecule has 0 fully saturated rings. The summed E-state index contributed by atoms with van der Waals surface area (Å²) in [5, 5.41) is 11.1. The standard InChI is InChI=1S/C24H19N3O/c25-14-19-5-3-18(4-6-19)2-1-11-28-24-13-23(16-27-17-24)20-7-8-22-15-26-10-9-21(22)12-20/h3-10,12-13,15-17H,1-2,11H2. The molecule has 0 aliphatic rings. The largest absolute Gasteiger partial charge is 0.492 e. The molecule has 0 bridgehead atoms. The average Bonchev–Trinajstić information content (AvgIpc) is 2.77. The second-order valence-corrected chi connectivity index (χ2v) is 6.61. The van der Waals surface area contributed by atoms with Crippen molar-refractivity contribution in [3.8, 4) is 22.9 Å². The first-order valence-corrected chi connectivity index (χ1v) is 9.23. The quantitative estimate of drug-likeness (QED) is 0.442. The zero-order valence-electron chi connectivity index (χ0n) is 15.4. The third kappa shape index (κ3) is 4.16. The molecule has 0 saturated heterocycles. The molecule has 0 unspecified atom stereocenters. The molecule has 0 aliphatic heterocycles. The minimum Gasteiger partial charge on any atom is -0.492 e. The molecule has 0 radical (unpaired) electrons. The van der Waals surface area contributed by atoms with Gasteiger partial charge in [-0.25, -0.2) is 0 Å². The fraction of sp³-hybridized carbons (Fsp3) is 0.125. The highest BCUT2D eigenvalue weighted by atomic mass is 16.5. The minimum absolute atomic E-state index is 0.620. The third-order valence-electron chi connectivity index (χ3n) is 4.65. The number of fused-ring (bicyclic) bond motifs is 1. The van der Waals surface area contributed by atoms with Crippen molar-refractivity contribution >= 4 is 10.8 Å². The Balaban J connectivity index is 1.38. The van der Waals surface area contributed by atoms with Crippen LogP contribution < -0.4 is 4.74 Å². The van der Waals surface area contributed by atoms with Gasteiger partial charge < -0.3 is 4.74 Å². The fourth-order valence-electron chi connectivity index (χ4n) is 3.13. The molecule has 0 N–H and O–H groups in total. The maximum atomic E-state index is 8.85. The van der Waals surface area contributed by atoms with E-state index in [4.69, 9.17) is 10.00 Å². The molecule has 0 saturated carbocycles. The van der Waals surface area contributed by atoms with Crippen molar-refractivity contribution in [3.05, 3.63) is 90.5 Å². The Morgan fingerprint density at radius 2 is 1.71 bits per heavy atom. The van der Waals surface area contributed by atoms with E-state index in [1.807, 2.05) is 48.8 Å². The number of pyridine rings is 2. The van der Waals surface area contributed by atoms with E-state index in [1.54, 1.807) is 12.4 Å². The van der Waals surface area contributed by atoms with Gasteiger partial charge in [0.25, 0.3) is 0 Å². The molecule has 4 heteroatoms. The van der Waals surface area contributed by atoms with Crippen molar-refractivity contribution in [2.75, 3.05) is 6.61 Å². The van der Waals surface area contributed by atoms with Crippen molar-refractivity contribution in [1.29, 1.82) is 5.26 Å². The summed E-state index contributed by atoms with van der Waals surface area (Å²) in [5.74, 6) is 0.771. The van der Waals surface area contributed by atoms with Crippen molar-refractivity contribution in [3.63, 3.8) is 0 Å². The number of hydrogen-bond donors (Lipinski definition) is 0. The summed E-state index contributed by atoms with van der Waals surface area (Å²) in [7, 11) is 0. The lowest BCUT2D eigenvalue weighted by molar-refractivity contribution is 0.310. The summed E-state index contributed by atoms with van der Waals surface area (Å²) in [6, 6.07) is 20.2. The topological polar surface area (TPSA) is 58.8 Å². The number of nitriles is 1. The molecule has 0 aliphatic carbocycles. The van der Waals surface area contributed by atoms with E-state index in [0.717, 1.165) is 40.5 Å². The highest BCUT2D eigenvalue weighted by molar-refractivity contribution is 5.86. The molecular weight excluding hydrogens is 346 g/mol. The highest BCUT2D eigenvalue weighted by Crippen LogP contribution is 2.26. The van der Waals surface area contributed by atoms with Gasteiger partial charge in [0.1, 0.15) is 5.75 Å². The van der Waals surface area contributed by atoms with Crippen LogP contribution in [-0.4, -0.2) is 16.6 Å². The Morgan fingerprint density at radius 1 is 0.821 bits per heavy atom. The van der Waals surface area contributed by atoms with Crippen LogP contribution in [0.25, 0.3) is 21.9 Å². The van der Waals surface area contributed by atoms with E-state index in [9.17, 15) is 0 Å². The van der Waals surface area contributed by atoms with Crippen LogP contribution in [0.3, 0.4) is 0 Å². The van der Waals surface area contributed by atoms with E-state index in [0.29, 0.717) is 12.2 Å². The zero-order chi connectivity index (χ0) is 19.2. The van der Waals surface area contributed by atoms with Crippen LogP contribution in [0.5, 0.6) is 5.75 Å². The highest BCUT2D eigenvalue weighted by Gasteiger charge is 2.03. The van der Waals surface area contributed by atoms with Crippen LogP contribution in [-0.2, 0) is 6.42 Å². The van der Waals surface area contributed by atoms with Crippen molar-refractivity contribution in [2.45, 2.75) is 12.8 Å². The molecule has 4 nitrogen and oxygen atoms in total. The predicted molar refractivity (Wildman–Crippen MR) is 110 cm³/mol. The number of ether oxygens (including phenoxy) is 1. The average molecular weight is 365 g/mol. The molecule has 2 aromatic heterocycles. The predicted octanol–water partition coefficient (Wildman–Crippen LogP) is 5.18. The second-order valence-electron chi connectivity index (χ2n) is 6.61. The molecule has 0 atom stereocenters. The number of aromatic nitrogens is 2. The molecule has 0 spiro atoms. The number of rotatable bonds is 6. The molecule has 4 rings (SSSR count). The molecule has 28 heavy (non-hydrogen) atoms. The summed E-state index contributed by atoms with van der Waals surface area (Å²) in [5.41, 5.74) is 4.03. The Kier molecular flexibility index (Phi) is 5.26. The monoisotopic (exact) mass is 365 g/mol. The third-order valence-corrected chi connectivity index (χ3v) is 4.65. The summed E-state index contributed by atoms with van der Waals surface area (Å²) in [6.45, 7) is 0.620. The Bertz CT molecular complexity index is 1130. The zero-order valence-corrected chi connectivity index (χ0v) is 15.4. The van der Waals surface area contributed by atoms with E-state index in [-0.39, 0.29) is 0 Å². The lowest BCUT2D eigenvalue weighted by Crippen LogP contribution is -2.00. The Hall–Kier alpha value is -3.71. The van der Waals surface area contributed by atoms with Crippen LogP contribution >= 0.6 is 0 Å². The van der Waals surface area contributed by atoms with Gasteiger partial charge in [-0.3, -0.25) is 9.97 Å². The first-order valence-electron chi connectivity index (χ1n) is 9.23. The van der Waals surface area contributed by atoms with Crippen LogP contribution in [0.2, 0.25) is 0 Å². The van der Waals surface area contributed by atoms with Crippen LogP contribution in [0.1, 0.15) is 17.5 Å². The summed E-state index contributed by atoms with van der Waals surface area (Å²) >= 11 is 0. The van der Waals surface area contributed by atoms with Crippen LogP contribution in [0, 0.1) is 11.3 Å². The Labute approximate surface area is 164 Å². The number of aryl methyl sites for hydroxylation is 1. The molecule has 136 valence electrons. The van der Waals surface area contributed by atoms with Crippen LogP contribution in [0.15, 0.2) is 79.4 Å². The van der Waals surface area contributed by atoms with E-state index in [2.05, 4.69) is 34.2 Å². The summed E-state index contributed by atoms with van der Waals surface area (Å²) < 4.78 is 5.90. The van der Waals surface area contributed by atoms with Crippen LogP contribution in [0.4, 0.5) is 0 Å². The second kappa shape index (κ2) is 8.32. The van der Waals surface area contributed by atoms with Crippen molar-refractivity contribution in [2.24, 2.45) is 0 Å². The van der Waals surface area contributed by atoms with Gasteiger partial charge in [-0.1, -0.05) is 24.3 Å². The SMILES string of the molecule is N#Cc1ccc(CCCOc2cncc(-c3ccc4cnccc4c3)c2)cc1. The van der Waals surface area contributed by atoms with E-state index < -0.39 is 0 Å². The summed E-state index contributed by atoms with van der Waals surface area (Å²) in [6.07, 6.45) is 9.08. The lowest BCUT2D eigenvalue weighted by Gasteiger charge is -2.09. The van der Waals surface area contributed by atoms with E-state index >= 15 is 0 Å². The minimum atomic E-state index is 0.620. The van der Waals surface area contributed by atoms with Gasteiger partial charge in [-0.2, -0.15) is 5.26 Å². The Morgan fingerprint density at radius 3 is 2.57 bits per heavy atom. The number of nitrogens with zero attached hydrogens (tertiary/aromatic N) is 3. The molecule has 2 heterocycles. The van der Waals surface area contributed by atoms with Crippen molar-refractivity contribution in [1.82, 2.24) is 9.97 Å². The molecular formula is C24H19N3O. The smallest absolute Gasteiger partial charge is 0.138 e. The van der Waals surface area contributed by atoms with Gasteiger partial charge in [-0.05, 0) is 59.7 Å². The molecule has 0 amide bonds. The first-order chi connectivity index (χ1) is 13.8. The molecule has 2 aromatic carbocycles. The van der Waals surface area contributed by atoms with Gasteiger partial charge in [0.15, 0.2) is 0 Å². The van der Waals surface area contributed by atoms with Gasteiger partial charge in [-0.15, -0.1) is 0 Å². The normalized spacial score (nSPS) is 10.5. The number of benzene rings is 2. The summed E-state index contributed by atoms with van der Waals surface area (Å²) in [4.78, 5) is 8.48. The first kappa shape index (κ1) is 17.7. The van der Waals surface area contributed by atoms with E-state index in [1.165, 1.54) is 5.56 Å². The van der Waals surface area contributed by atoms with Gasteiger partial charge >= 0.3 is 0 Å². The van der Waals surface area contributed by atoms with Gasteiger partial charge in [0, 0.05) is 29.5 Å². The maximum absolute atomic E-state index is 8.85. The molecule has 4 aromatic rings. The number of hydrogen-bond acceptors (Lipinski definition) is 4.